The molecule has 0 spiro atoms. The van der Waals surface area contributed by atoms with Crippen molar-refractivity contribution in [2.75, 3.05) is 25.2 Å². The van der Waals surface area contributed by atoms with Crippen molar-refractivity contribution in [2.45, 2.75) is 6.04 Å². The highest BCUT2D eigenvalue weighted by Gasteiger charge is 2.37. The van der Waals surface area contributed by atoms with Crippen LogP contribution in [0.4, 0.5) is 11.5 Å². The van der Waals surface area contributed by atoms with Crippen LogP contribution in [0.1, 0.15) is 5.69 Å². The van der Waals surface area contributed by atoms with Crippen LogP contribution < -0.4 is 4.90 Å². The second kappa shape index (κ2) is 5.72. The predicted molar refractivity (Wildman–Crippen MR) is 69.7 cm³/mol. The zero-order valence-electron chi connectivity index (χ0n) is 11.1. The van der Waals surface area contributed by atoms with Crippen LogP contribution in [0.25, 0.3) is 0 Å². The van der Waals surface area contributed by atoms with Gasteiger partial charge in [0.25, 0.3) is 0 Å². The van der Waals surface area contributed by atoms with E-state index in [2.05, 4.69) is 4.98 Å². The van der Waals surface area contributed by atoms with Crippen molar-refractivity contribution in [1.82, 2.24) is 4.98 Å². The van der Waals surface area contributed by atoms with Crippen LogP contribution in [0.5, 0.6) is 0 Å². The highest BCUT2D eigenvalue weighted by atomic mass is 16.6. The summed E-state index contributed by atoms with van der Waals surface area (Å²) in [5.41, 5.74) is -0.692. The lowest BCUT2D eigenvalue weighted by Crippen LogP contribution is -2.41. The Morgan fingerprint density at radius 1 is 1.62 bits per heavy atom. The first-order valence-corrected chi connectivity index (χ1v) is 6.04. The number of hydrogen-bond acceptors (Lipinski definition) is 7. The number of aromatic nitrogens is 1. The summed E-state index contributed by atoms with van der Waals surface area (Å²) >= 11 is 0. The van der Waals surface area contributed by atoms with Gasteiger partial charge >= 0.3 is 11.7 Å². The van der Waals surface area contributed by atoms with E-state index in [4.69, 9.17) is 15.1 Å². The molecule has 2 atom stereocenters. The molecule has 2 unspecified atom stereocenters. The highest BCUT2D eigenvalue weighted by molar-refractivity contribution is 5.72. The third-order valence-electron chi connectivity index (χ3n) is 3.39. The van der Waals surface area contributed by atoms with E-state index in [0.717, 1.165) is 0 Å². The predicted octanol–water partition coefficient (Wildman–Crippen LogP) is 0.397. The Hall–Kier alpha value is -2.73. The molecule has 1 N–H and O–H groups in total. The lowest BCUT2D eigenvalue weighted by Gasteiger charge is -2.27. The van der Waals surface area contributed by atoms with Crippen LogP contribution in [0.2, 0.25) is 0 Å². The lowest BCUT2D eigenvalue weighted by molar-refractivity contribution is -0.385. The van der Waals surface area contributed by atoms with Gasteiger partial charge in [0.2, 0.25) is 5.69 Å². The van der Waals surface area contributed by atoms with Gasteiger partial charge in [0.1, 0.15) is 17.8 Å². The number of carboxylic acid groups (broad SMARTS) is 1. The Bertz CT molecular complexity index is 627. The number of nitrogens with zero attached hydrogens (tertiary/aromatic N) is 4. The molecule has 0 bridgehead atoms. The minimum Gasteiger partial charge on any atom is -0.481 e. The summed E-state index contributed by atoms with van der Waals surface area (Å²) < 4.78 is 5.17. The van der Waals surface area contributed by atoms with Crippen LogP contribution in [0, 0.1) is 27.4 Å². The second-order valence-electron chi connectivity index (χ2n) is 4.57. The number of anilines is 1. The lowest BCUT2D eigenvalue weighted by atomic mass is 10.0. The number of rotatable bonds is 4. The quantitative estimate of drug-likeness (QED) is 0.623. The number of aliphatic carboxylic acids is 1. The van der Waals surface area contributed by atoms with Crippen molar-refractivity contribution in [3.05, 3.63) is 27.9 Å². The van der Waals surface area contributed by atoms with Gasteiger partial charge < -0.3 is 14.7 Å². The number of nitro groups is 1. The zero-order chi connectivity index (χ0) is 15.6. The average molecular weight is 292 g/mol. The average Bonchev–Trinajstić information content (AvgIpc) is 2.95. The van der Waals surface area contributed by atoms with Gasteiger partial charge in [-0.15, -0.1) is 0 Å². The third kappa shape index (κ3) is 2.75. The normalized spacial score (nSPS) is 20.8. The first-order valence-electron chi connectivity index (χ1n) is 6.04. The molecule has 110 valence electrons. The summed E-state index contributed by atoms with van der Waals surface area (Å²) in [5.74, 6) is -1.40. The number of carbonyl (C=O) groups is 1. The maximum Gasteiger partial charge on any atom is 0.311 e. The van der Waals surface area contributed by atoms with Gasteiger partial charge in [0, 0.05) is 13.1 Å². The van der Waals surface area contributed by atoms with E-state index in [1.807, 2.05) is 0 Å². The van der Waals surface area contributed by atoms with Crippen LogP contribution in [-0.4, -0.2) is 47.3 Å². The van der Waals surface area contributed by atoms with Crippen LogP contribution in [0.15, 0.2) is 12.1 Å². The summed E-state index contributed by atoms with van der Waals surface area (Å²) in [6.45, 7) is 0.316. The number of nitriles is 1. The molecule has 9 nitrogen and oxygen atoms in total. The first-order chi connectivity index (χ1) is 9.95. The summed E-state index contributed by atoms with van der Waals surface area (Å²) in [5, 5.41) is 28.8. The molecule has 21 heavy (non-hydrogen) atoms. The Morgan fingerprint density at radius 3 is 2.90 bits per heavy atom. The minimum absolute atomic E-state index is 0.0996. The number of pyridine rings is 1. The molecule has 1 saturated heterocycles. The van der Waals surface area contributed by atoms with E-state index in [1.165, 1.54) is 12.1 Å². The molecule has 1 aliphatic heterocycles. The van der Waals surface area contributed by atoms with Gasteiger partial charge in [-0.25, -0.2) is 4.98 Å². The SMILES string of the molecule is CN(c1ccc([N+](=O)[O-])c(C#N)n1)C1COCC1C(=O)O. The van der Waals surface area contributed by atoms with E-state index in [9.17, 15) is 14.9 Å². The van der Waals surface area contributed by atoms with Gasteiger partial charge in [-0.05, 0) is 6.07 Å². The number of hydrogen-bond donors (Lipinski definition) is 1. The molecule has 2 rings (SSSR count). The maximum atomic E-state index is 11.1. The molecule has 0 amide bonds. The minimum atomic E-state index is -0.980. The van der Waals surface area contributed by atoms with Gasteiger partial charge in [-0.3, -0.25) is 14.9 Å². The van der Waals surface area contributed by atoms with Crippen molar-refractivity contribution in [1.29, 1.82) is 5.26 Å². The summed E-state index contributed by atoms with van der Waals surface area (Å²) in [6.07, 6.45) is 0. The van der Waals surface area contributed by atoms with Crippen molar-refractivity contribution >= 4 is 17.5 Å². The molecule has 9 heteroatoms. The molecule has 1 fully saturated rings. The topological polar surface area (TPSA) is 130 Å². The second-order valence-corrected chi connectivity index (χ2v) is 4.57. The third-order valence-corrected chi connectivity index (χ3v) is 3.39. The van der Waals surface area contributed by atoms with Gasteiger partial charge in [0.15, 0.2) is 0 Å². The Morgan fingerprint density at radius 2 is 2.33 bits per heavy atom. The fourth-order valence-electron chi connectivity index (χ4n) is 2.20. The highest BCUT2D eigenvalue weighted by Crippen LogP contribution is 2.26. The molecule has 1 aromatic rings. The zero-order valence-corrected chi connectivity index (χ0v) is 11.1. The molecule has 0 aromatic carbocycles. The molecule has 0 radical (unpaired) electrons. The van der Waals surface area contributed by atoms with Gasteiger partial charge in [-0.2, -0.15) is 5.26 Å². The first kappa shape index (κ1) is 14.7. The van der Waals surface area contributed by atoms with Gasteiger partial charge in [-0.1, -0.05) is 0 Å². The molecule has 0 saturated carbocycles. The van der Waals surface area contributed by atoms with Crippen molar-refractivity contribution in [2.24, 2.45) is 5.92 Å². The van der Waals surface area contributed by atoms with Crippen LogP contribution >= 0.6 is 0 Å². The summed E-state index contributed by atoms with van der Waals surface area (Å²) in [4.78, 5) is 26.7. The maximum absolute atomic E-state index is 11.1. The van der Waals surface area contributed by atoms with Gasteiger partial charge in [0.05, 0.1) is 24.2 Å². The molecular formula is C12H12N4O5. The standard InChI is InChI=1S/C12H12N4O5/c1-15(10-6-21-5-7(10)12(17)18)11-3-2-9(16(19)20)8(4-13)14-11/h2-3,7,10H,5-6H2,1H3,(H,17,18). The van der Waals surface area contributed by atoms with Crippen LogP contribution in [0.3, 0.4) is 0 Å². The molecule has 1 aliphatic rings. The molecule has 1 aromatic heterocycles. The smallest absolute Gasteiger partial charge is 0.311 e. The van der Waals surface area contributed by atoms with E-state index < -0.39 is 22.9 Å². The van der Waals surface area contributed by atoms with E-state index in [-0.39, 0.29) is 24.6 Å². The van der Waals surface area contributed by atoms with E-state index >= 15 is 0 Å². The molecule has 0 aliphatic carbocycles. The monoisotopic (exact) mass is 292 g/mol. The van der Waals surface area contributed by atoms with E-state index in [0.29, 0.717) is 5.82 Å². The fourth-order valence-corrected chi connectivity index (χ4v) is 2.20. The number of ether oxygens (including phenoxy) is 1. The number of likely N-dealkylation sites (N-methyl/N-ethyl adjacent to an activating group) is 1. The summed E-state index contributed by atoms with van der Waals surface area (Å²) in [7, 11) is 1.62. The van der Waals surface area contributed by atoms with Crippen molar-refractivity contribution in [3.8, 4) is 6.07 Å². The number of carboxylic acids is 1. The Kier molecular flexibility index (Phi) is 4.00. The largest absolute Gasteiger partial charge is 0.481 e. The van der Waals surface area contributed by atoms with E-state index in [1.54, 1.807) is 18.0 Å². The van der Waals surface area contributed by atoms with Crippen LogP contribution in [-0.2, 0) is 9.53 Å². The van der Waals surface area contributed by atoms with Crippen molar-refractivity contribution in [3.63, 3.8) is 0 Å². The fraction of sp³-hybridized carbons (Fsp3) is 0.417. The Labute approximate surface area is 119 Å². The molecular weight excluding hydrogens is 280 g/mol. The summed E-state index contributed by atoms with van der Waals surface area (Å²) in [6, 6.07) is 3.80. The Balaban J connectivity index is 2.32. The molecule has 2 heterocycles. The van der Waals surface area contributed by atoms with Crippen molar-refractivity contribution < 1.29 is 19.6 Å².